The first-order valence-corrected chi connectivity index (χ1v) is 9.70. The van der Waals surface area contributed by atoms with Crippen molar-refractivity contribution in [2.45, 2.75) is 25.7 Å². The van der Waals surface area contributed by atoms with Gasteiger partial charge >= 0.3 is 0 Å². The zero-order valence-corrected chi connectivity index (χ0v) is 16.9. The third-order valence-corrected chi connectivity index (χ3v) is 5.05. The van der Waals surface area contributed by atoms with Crippen LogP contribution >= 0.6 is 0 Å². The highest BCUT2D eigenvalue weighted by molar-refractivity contribution is 5.99. The highest BCUT2D eigenvalue weighted by atomic mass is 16.5. The maximum Gasteiger partial charge on any atom is 0.248 e. The number of nitrogens with zero attached hydrogens (tertiary/aromatic N) is 1. The van der Waals surface area contributed by atoms with Gasteiger partial charge in [0.05, 0.1) is 25.6 Å². The van der Waals surface area contributed by atoms with Crippen molar-refractivity contribution in [3.8, 4) is 11.5 Å². The van der Waals surface area contributed by atoms with E-state index >= 15 is 0 Å². The average molecular weight is 397 g/mol. The number of ether oxygens (including phenoxy) is 2. The summed E-state index contributed by atoms with van der Waals surface area (Å²) in [5.74, 6) is 0.723. The molecule has 0 aromatic heterocycles. The van der Waals surface area contributed by atoms with Crippen molar-refractivity contribution in [2.75, 3.05) is 37.5 Å². The number of nitrogens with one attached hydrogen (secondary N) is 1. The fourth-order valence-electron chi connectivity index (χ4n) is 3.50. The van der Waals surface area contributed by atoms with Gasteiger partial charge in [0.1, 0.15) is 11.5 Å². The van der Waals surface area contributed by atoms with Gasteiger partial charge in [0.2, 0.25) is 11.8 Å². The molecule has 0 aliphatic carbocycles. The Hall–Kier alpha value is -3.22. The molecule has 29 heavy (non-hydrogen) atoms. The van der Waals surface area contributed by atoms with Crippen LogP contribution in [-0.2, 0) is 11.2 Å². The molecule has 7 heteroatoms. The van der Waals surface area contributed by atoms with Crippen LogP contribution in [0.4, 0.5) is 11.4 Å². The molecule has 0 atom stereocenters. The summed E-state index contributed by atoms with van der Waals surface area (Å²) in [5.41, 5.74) is 8.28. The van der Waals surface area contributed by atoms with E-state index in [4.69, 9.17) is 15.2 Å². The fraction of sp³-hybridized carbons (Fsp3) is 0.364. The molecule has 2 aromatic carbocycles. The van der Waals surface area contributed by atoms with Gasteiger partial charge in [0.25, 0.3) is 0 Å². The molecule has 2 amide bonds. The normalized spacial score (nSPS) is 13.2. The Bertz CT molecular complexity index is 869. The molecular formula is C22H27N3O4. The molecule has 0 unspecified atom stereocenters. The van der Waals surface area contributed by atoms with E-state index in [0.29, 0.717) is 29.2 Å². The Kier molecular flexibility index (Phi) is 6.59. The number of benzene rings is 2. The molecule has 2 aromatic rings. The van der Waals surface area contributed by atoms with E-state index in [1.165, 1.54) is 0 Å². The van der Waals surface area contributed by atoms with Crippen LogP contribution in [0.1, 0.15) is 35.2 Å². The third kappa shape index (κ3) is 5.19. The first kappa shape index (κ1) is 20.5. The van der Waals surface area contributed by atoms with Gasteiger partial charge in [-0.1, -0.05) is 0 Å². The Morgan fingerprint density at radius 3 is 2.28 bits per heavy atom. The average Bonchev–Trinajstić information content (AvgIpc) is 3.26. The zero-order chi connectivity index (χ0) is 20.8. The molecule has 3 N–H and O–H groups in total. The van der Waals surface area contributed by atoms with Gasteiger partial charge in [-0.3, -0.25) is 9.59 Å². The van der Waals surface area contributed by atoms with Crippen molar-refractivity contribution in [1.29, 1.82) is 0 Å². The van der Waals surface area contributed by atoms with Crippen molar-refractivity contribution in [3.63, 3.8) is 0 Å². The van der Waals surface area contributed by atoms with Gasteiger partial charge in [0.15, 0.2) is 0 Å². The van der Waals surface area contributed by atoms with Gasteiger partial charge in [-0.15, -0.1) is 0 Å². The topological polar surface area (TPSA) is 93.9 Å². The number of methoxy groups -OCH3 is 2. The molecule has 1 heterocycles. The second kappa shape index (κ2) is 9.32. The lowest BCUT2D eigenvalue weighted by Crippen LogP contribution is -2.22. The number of carbonyl (C=O) groups is 2. The van der Waals surface area contributed by atoms with Crippen molar-refractivity contribution in [1.82, 2.24) is 0 Å². The number of amides is 2. The number of rotatable bonds is 8. The van der Waals surface area contributed by atoms with Crippen LogP contribution in [0.2, 0.25) is 0 Å². The lowest BCUT2D eigenvalue weighted by molar-refractivity contribution is -0.116. The summed E-state index contributed by atoms with van der Waals surface area (Å²) in [6.45, 7) is 1.87. The molecule has 1 fully saturated rings. The Labute approximate surface area is 170 Å². The minimum atomic E-state index is -0.517. The monoisotopic (exact) mass is 397 g/mol. The Balaban J connectivity index is 1.72. The van der Waals surface area contributed by atoms with Crippen LogP contribution in [0.5, 0.6) is 11.5 Å². The van der Waals surface area contributed by atoms with Gasteiger partial charge in [-0.25, -0.2) is 0 Å². The molecule has 0 bridgehead atoms. The lowest BCUT2D eigenvalue weighted by Gasteiger charge is -2.22. The van der Waals surface area contributed by atoms with Crippen molar-refractivity contribution >= 4 is 23.2 Å². The predicted octanol–water partition coefficient (Wildman–Crippen LogP) is 2.97. The first-order chi connectivity index (χ1) is 14.0. The molecule has 7 nitrogen and oxygen atoms in total. The molecule has 0 saturated carbocycles. The number of primary amides is 1. The minimum Gasteiger partial charge on any atom is -0.497 e. The SMILES string of the molecule is COc1cc(CCC(=O)Nc2cc(C(N)=O)ccc2N2CCCC2)cc(OC)c1. The van der Waals surface area contributed by atoms with Gasteiger partial charge < -0.3 is 25.4 Å². The van der Waals surface area contributed by atoms with E-state index in [1.807, 2.05) is 18.2 Å². The van der Waals surface area contributed by atoms with Crippen molar-refractivity contribution in [2.24, 2.45) is 5.73 Å². The quantitative estimate of drug-likeness (QED) is 0.714. The summed E-state index contributed by atoms with van der Waals surface area (Å²) >= 11 is 0. The maximum absolute atomic E-state index is 12.6. The van der Waals surface area contributed by atoms with Crippen LogP contribution in [-0.4, -0.2) is 39.1 Å². The van der Waals surface area contributed by atoms with Crippen LogP contribution < -0.4 is 25.4 Å². The summed E-state index contributed by atoms with van der Waals surface area (Å²) < 4.78 is 10.6. The number of anilines is 2. The summed E-state index contributed by atoms with van der Waals surface area (Å²) in [6.07, 6.45) is 3.05. The van der Waals surface area contributed by atoms with E-state index in [0.717, 1.165) is 37.2 Å². The standard InChI is InChI=1S/C22H27N3O4/c1-28-17-11-15(12-18(14-17)29-2)5-8-21(26)24-19-13-16(22(23)27)6-7-20(19)25-9-3-4-10-25/h6-7,11-14H,3-5,8-10H2,1-2H3,(H2,23,27)(H,24,26). The summed E-state index contributed by atoms with van der Waals surface area (Å²) in [7, 11) is 3.19. The van der Waals surface area contributed by atoms with Crippen LogP contribution in [0.25, 0.3) is 0 Å². The molecule has 1 aliphatic heterocycles. The van der Waals surface area contributed by atoms with Crippen LogP contribution in [0, 0.1) is 0 Å². The second-order valence-corrected chi connectivity index (χ2v) is 7.06. The Morgan fingerprint density at radius 2 is 1.69 bits per heavy atom. The van der Waals surface area contributed by atoms with Crippen molar-refractivity contribution in [3.05, 3.63) is 47.5 Å². The third-order valence-electron chi connectivity index (χ3n) is 5.05. The largest absolute Gasteiger partial charge is 0.497 e. The molecule has 3 rings (SSSR count). The van der Waals surface area contributed by atoms with Gasteiger partial charge in [0, 0.05) is 31.1 Å². The molecule has 154 valence electrons. The molecule has 1 aliphatic rings. The van der Waals surface area contributed by atoms with Crippen LogP contribution in [0.15, 0.2) is 36.4 Å². The number of carbonyl (C=O) groups excluding carboxylic acids is 2. The Morgan fingerprint density at radius 1 is 1.03 bits per heavy atom. The van der Waals surface area contributed by atoms with E-state index in [1.54, 1.807) is 32.4 Å². The van der Waals surface area contributed by atoms with Gasteiger partial charge in [-0.2, -0.15) is 0 Å². The van der Waals surface area contributed by atoms with E-state index < -0.39 is 5.91 Å². The highest BCUT2D eigenvalue weighted by Crippen LogP contribution is 2.30. The summed E-state index contributed by atoms with van der Waals surface area (Å²) in [6, 6.07) is 10.8. The highest BCUT2D eigenvalue weighted by Gasteiger charge is 2.18. The van der Waals surface area contributed by atoms with Crippen molar-refractivity contribution < 1.29 is 19.1 Å². The van der Waals surface area contributed by atoms with E-state index in [9.17, 15) is 9.59 Å². The minimum absolute atomic E-state index is 0.131. The lowest BCUT2D eigenvalue weighted by atomic mass is 10.1. The summed E-state index contributed by atoms with van der Waals surface area (Å²) in [5, 5.41) is 2.96. The number of aryl methyl sites for hydroxylation is 1. The predicted molar refractivity (Wildman–Crippen MR) is 113 cm³/mol. The molecule has 0 spiro atoms. The molecule has 0 radical (unpaired) electrons. The second-order valence-electron chi connectivity index (χ2n) is 7.06. The van der Waals surface area contributed by atoms with Crippen LogP contribution in [0.3, 0.4) is 0 Å². The molecule has 1 saturated heterocycles. The van der Waals surface area contributed by atoms with E-state index in [-0.39, 0.29) is 12.3 Å². The van der Waals surface area contributed by atoms with E-state index in [2.05, 4.69) is 10.2 Å². The van der Waals surface area contributed by atoms with Gasteiger partial charge in [-0.05, 0) is 55.2 Å². The zero-order valence-electron chi connectivity index (χ0n) is 16.9. The summed E-state index contributed by atoms with van der Waals surface area (Å²) in [4.78, 5) is 26.4. The number of hydrogen-bond donors (Lipinski definition) is 2. The maximum atomic E-state index is 12.6. The smallest absolute Gasteiger partial charge is 0.248 e. The fourth-order valence-corrected chi connectivity index (χ4v) is 3.50. The first-order valence-electron chi connectivity index (χ1n) is 9.70. The number of hydrogen-bond acceptors (Lipinski definition) is 5. The number of nitrogens with two attached hydrogens (primary N) is 1. The molecular weight excluding hydrogens is 370 g/mol.